The molecule has 4 heteroatoms. The summed E-state index contributed by atoms with van der Waals surface area (Å²) in [6.07, 6.45) is 2.01. The van der Waals surface area contributed by atoms with Crippen LogP contribution in [0.3, 0.4) is 0 Å². The van der Waals surface area contributed by atoms with Crippen LogP contribution >= 0.6 is 15.9 Å². The van der Waals surface area contributed by atoms with Crippen LogP contribution < -0.4 is 10.1 Å². The number of halogens is 1. The maximum Gasteiger partial charge on any atom is 0.260 e. The van der Waals surface area contributed by atoms with E-state index in [-0.39, 0.29) is 5.91 Å². The van der Waals surface area contributed by atoms with Crippen molar-refractivity contribution in [2.45, 2.75) is 25.9 Å². The molecule has 1 saturated carbocycles. The highest BCUT2D eigenvalue weighted by Crippen LogP contribution is 2.28. The van der Waals surface area contributed by atoms with Crippen molar-refractivity contribution >= 4 is 21.8 Å². The summed E-state index contributed by atoms with van der Waals surface area (Å²) >= 11 is 3.39. The molecule has 0 radical (unpaired) electrons. The van der Waals surface area contributed by atoms with E-state index in [0.717, 1.165) is 11.0 Å². The highest BCUT2D eigenvalue weighted by molar-refractivity contribution is 9.10. The second kappa shape index (κ2) is 5.54. The van der Waals surface area contributed by atoms with Crippen molar-refractivity contribution in [1.29, 1.82) is 0 Å². The lowest BCUT2D eigenvalue weighted by atomic mass is 10.3. The molecule has 0 aliphatic heterocycles. The zero-order valence-electron chi connectivity index (χ0n) is 9.78. The molecule has 17 heavy (non-hydrogen) atoms. The Morgan fingerprint density at radius 3 is 2.88 bits per heavy atom. The van der Waals surface area contributed by atoms with Gasteiger partial charge in [0.25, 0.3) is 5.91 Å². The van der Waals surface area contributed by atoms with E-state index in [9.17, 15) is 4.79 Å². The lowest BCUT2D eigenvalue weighted by molar-refractivity contribution is -0.127. The van der Waals surface area contributed by atoms with Crippen LogP contribution in [0.5, 0.6) is 5.75 Å². The van der Waals surface area contributed by atoms with E-state index in [2.05, 4.69) is 21.2 Å². The van der Waals surface area contributed by atoms with E-state index in [4.69, 9.17) is 4.74 Å². The minimum absolute atomic E-state index is 0.0485. The van der Waals surface area contributed by atoms with E-state index >= 15 is 0 Å². The fourth-order valence-corrected chi connectivity index (χ4v) is 1.87. The molecule has 1 fully saturated rings. The molecule has 1 aliphatic rings. The van der Waals surface area contributed by atoms with E-state index in [1.807, 2.05) is 24.3 Å². The monoisotopic (exact) mass is 297 g/mol. The Labute approximate surface area is 110 Å². The first-order valence-electron chi connectivity index (χ1n) is 5.85. The fraction of sp³-hybridized carbons (Fsp3) is 0.462. The average Bonchev–Trinajstić information content (AvgIpc) is 3.13. The summed E-state index contributed by atoms with van der Waals surface area (Å²) in [5.41, 5.74) is 0. The van der Waals surface area contributed by atoms with Gasteiger partial charge in [-0.15, -0.1) is 0 Å². The van der Waals surface area contributed by atoms with Crippen molar-refractivity contribution in [2.75, 3.05) is 6.54 Å². The Morgan fingerprint density at radius 1 is 1.53 bits per heavy atom. The molecule has 92 valence electrons. The predicted octanol–water partition coefficient (Wildman–Crippen LogP) is 2.74. The van der Waals surface area contributed by atoms with Gasteiger partial charge in [0.2, 0.25) is 0 Å². The predicted molar refractivity (Wildman–Crippen MR) is 70.0 cm³/mol. The first kappa shape index (κ1) is 12.4. The smallest absolute Gasteiger partial charge is 0.260 e. The van der Waals surface area contributed by atoms with Gasteiger partial charge in [0.1, 0.15) is 5.75 Å². The van der Waals surface area contributed by atoms with Crippen LogP contribution in [0.4, 0.5) is 0 Å². The minimum Gasteiger partial charge on any atom is -0.480 e. The number of nitrogens with one attached hydrogen (secondary N) is 1. The molecule has 1 aromatic carbocycles. The third-order valence-electron chi connectivity index (χ3n) is 2.77. The number of ether oxygens (including phenoxy) is 1. The first-order chi connectivity index (χ1) is 8.16. The van der Waals surface area contributed by atoms with Crippen LogP contribution in [0, 0.1) is 5.92 Å². The van der Waals surface area contributed by atoms with Crippen LogP contribution in [-0.2, 0) is 4.79 Å². The topological polar surface area (TPSA) is 38.3 Å². The summed E-state index contributed by atoms with van der Waals surface area (Å²) in [6, 6.07) is 7.53. The quantitative estimate of drug-likeness (QED) is 0.907. The van der Waals surface area contributed by atoms with Crippen LogP contribution in [-0.4, -0.2) is 18.6 Å². The van der Waals surface area contributed by atoms with Crippen molar-refractivity contribution in [3.8, 4) is 5.75 Å². The molecule has 1 amide bonds. The zero-order valence-corrected chi connectivity index (χ0v) is 11.4. The van der Waals surface area contributed by atoms with Gasteiger partial charge in [-0.3, -0.25) is 4.79 Å². The standard InChI is InChI=1S/C13H16BrNO2/c1-9(13(16)15-8-10-6-7-10)17-12-5-3-2-4-11(12)14/h2-5,9-10H,6-8H2,1H3,(H,15,16)/t9-/m1/s1. The molecule has 1 N–H and O–H groups in total. The molecule has 0 saturated heterocycles. The van der Waals surface area contributed by atoms with Crippen molar-refractivity contribution in [3.63, 3.8) is 0 Å². The van der Waals surface area contributed by atoms with Gasteiger partial charge < -0.3 is 10.1 Å². The number of para-hydroxylation sites is 1. The molecular weight excluding hydrogens is 282 g/mol. The number of hydrogen-bond donors (Lipinski definition) is 1. The van der Waals surface area contributed by atoms with Gasteiger partial charge >= 0.3 is 0 Å². The Balaban J connectivity index is 1.84. The normalized spacial score (nSPS) is 16.4. The molecule has 0 bridgehead atoms. The van der Waals surface area contributed by atoms with Crippen molar-refractivity contribution in [3.05, 3.63) is 28.7 Å². The Hall–Kier alpha value is -1.03. The zero-order chi connectivity index (χ0) is 12.3. The summed E-state index contributed by atoms with van der Waals surface area (Å²) in [7, 11) is 0. The molecule has 1 aliphatic carbocycles. The molecule has 2 rings (SSSR count). The largest absolute Gasteiger partial charge is 0.480 e. The van der Waals surface area contributed by atoms with Crippen LogP contribution in [0.2, 0.25) is 0 Å². The number of rotatable bonds is 5. The maximum atomic E-state index is 11.7. The molecule has 1 aromatic rings. The molecule has 0 heterocycles. The van der Waals surface area contributed by atoms with Gasteiger partial charge in [-0.05, 0) is 53.7 Å². The van der Waals surface area contributed by atoms with Crippen molar-refractivity contribution < 1.29 is 9.53 Å². The van der Waals surface area contributed by atoms with Gasteiger partial charge in [0.05, 0.1) is 4.47 Å². The second-order valence-corrected chi connectivity index (χ2v) is 5.23. The lowest BCUT2D eigenvalue weighted by Crippen LogP contribution is -2.37. The number of carbonyl (C=O) groups is 1. The summed E-state index contributed by atoms with van der Waals surface area (Å²) in [5, 5.41) is 2.90. The molecule has 0 spiro atoms. The summed E-state index contributed by atoms with van der Waals surface area (Å²) < 4.78 is 6.46. The van der Waals surface area contributed by atoms with Gasteiger partial charge in [0.15, 0.2) is 6.10 Å². The SMILES string of the molecule is C[C@@H](Oc1ccccc1Br)C(=O)NCC1CC1. The van der Waals surface area contributed by atoms with E-state index in [1.54, 1.807) is 6.92 Å². The summed E-state index contributed by atoms with van der Waals surface area (Å²) in [5.74, 6) is 1.34. The number of carbonyl (C=O) groups excluding carboxylic acids is 1. The average molecular weight is 298 g/mol. The van der Waals surface area contributed by atoms with Crippen molar-refractivity contribution in [2.24, 2.45) is 5.92 Å². The molecule has 1 atom stereocenters. The molecular formula is C13H16BrNO2. The van der Waals surface area contributed by atoms with Crippen LogP contribution in [0.25, 0.3) is 0 Å². The Morgan fingerprint density at radius 2 is 2.24 bits per heavy atom. The fourth-order valence-electron chi connectivity index (χ4n) is 1.49. The van der Waals surface area contributed by atoms with Gasteiger partial charge in [0, 0.05) is 6.54 Å². The number of benzene rings is 1. The third-order valence-corrected chi connectivity index (χ3v) is 3.43. The molecule has 0 aromatic heterocycles. The van der Waals surface area contributed by atoms with E-state index in [1.165, 1.54) is 12.8 Å². The van der Waals surface area contributed by atoms with E-state index < -0.39 is 6.10 Å². The number of hydrogen-bond acceptors (Lipinski definition) is 2. The Kier molecular flexibility index (Phi) is 4.05. The lowest BCUT2D eigenvalue weighted by Gasteiger charge is -2.15. The highest BCUT2D eigenvalue weighted by Gasteiger charge is 2.23. The van der Waals surface area contributed by atoms with E-state index in [0.29, 0.717) is 11.7 Å². The molecule has 3 nitrogen and oxygen atoms in total. The van der Waals surface area contributed by atoms with Gasteiger partial charge in [-0.1, -0.05) is 12.1 Å². The molecule has 0 unspecified atom stereocenters. The second-order valence-electron chi connectivity index (χ2n) is 4.38. The first-order valence-corrected chi connectivity index (χ1v) is 6.65. The summed E-state index contributed by atoms with van der Waals surface area (Å²) in [6.45, 7) is 2.55. The van der Waals surface area contributed by atoms with Gasteiger partial charge in [-0.25, -0.2) is 0 Å². The maximum absolute atomic E-state index is 11.7. The number of amides is 1. The minimum atomic E-state index is -0.465. The van der Waals surface area contributed by atoms with Crippen LogP contribution in [0.15, 0.2) is 28.7 Å². The van der Waals surface area contributed by atoms with Gasteiger partial charge in [-0.2, -0.15) is 0 Å². The highest BCUT2D eigenvalue weighted by atomic mass is 79.9. The van der Waals surface area contributed by atoms with Crippen molar-refractivity contribution in [1.82, 2.24) is 5.32 Å². The van der Waals surface area contributed by atoms with Crippen LogP contribution in [0.1, 0.15) is 19.8 Å². The third kappa shape index (κ3) is 3.73. The summed E-state index contributed by atoms with van der Waals surface area (Å²) in [4.78, 5) is 11.7. The Bertz CT molecular complexity index is 404.